The number of aromatic nitrogens is 3. The van der Waals surface area contributed by atoms with Crippen LogP contribution in [0.2, 0.25) is 0 Å². The first-order valence-electron chi connectivity index (χ1n) is 18.1. The van der Waals surface area contributed by atoms with Gasteiger partial charge in [0, 0.05) is 65.1 Å². The number of carbonyl (C=O) groups excluding carboxylic acids is 1. The second kappa shape index (κ2) is 15.8. The number of benzene rings is 3. The van der Waals surface area contributed by atoms with Gasteiger partial charge in [0.25, 0.3) is 0 Å². The van der Waals surface area contributed by atoms with E-state index in [2.05, 4.69) is 69.1 Å². The molecular weight excluding hydrogens is 811 g/mol. The first-order chi connectivity index (χ1) is 23.7. The number of rotatable bonds is 9. The van der Waals surface area contributed by atoms with Gasteiger partial charge in [-0.05, 0) is 74.9 Å². The molecule has 0 unspecified atom stereocenters. The summed E-state index contributed by atoms with van der Waals surface area (Å²) in [5.41, 5.74) is 6.89. The first kappa shape index (κ1) is 39.8. The van der Waals surface area contributed by atoms with Crippen molar-refractivity contribution in [2.45, 2.75) is 108 Å². The number of aliphatic hydroxyl groups is 1. The van der Waals surface area contributed by atoms with E-state index in [0.29, 0.717) is 5.71 Å². The first-order valence-corrected chi connectivity index (χ1v) is 18.1. The van der Waals surface area contributed by atoms with Crippen LogP contribution in [0.15, 0.2) is 64.8 Å². The molecule has 0 amide bonds. The summed E-state index contributed by atoms with van der Waals surface area (Å²) in [6, 6.07) is 20.2. The van der Waals surface area contributed by atoms with Gasteiger partial charge >= 0.3 is 0 Å². The van der Waals surface area contributed by atoms with Crippen LogP contribution in [-0.4, -0.2) is 25.8 Å². The molecule has 0 aliphatic rings. The van der Waals surface area contributed by atoms with Crippen LogP contribution < -0.4 is 0 Å². The molecule has 271 valence electrons. The van der Waals surface area contributed by atoms with E-state index in [-0.39, 0.29) is 48.4 Å². The maximum absolute atomic E-state index is 12.2. The predicted octanol–water partition coefficient (Wildman–Crippen LogP) is 12.2. The van der Waals surface area contributed by atoms with E-state index in [0.717, 1.165) is 75.7 Å². The van der Waals surface area contributed by atoms with Crippen LogP contribution in [-0.2, 0) is 24.9 Å². The van der Waals surface area contributed by atoms with Crippen LogP contribution in [0.5, 0.6) is 0 Å². The number of pyridine rings is 1. The second-order valence-corrected chi connectivity index (χ2v) is 14.7. The molecule has 0 saturated carbocycles. The molecule has 0 saturated heterocycles. The summed E-state index contributed by atoms with van der Waals surface area (Å²) in [6.45, 7) is 22.6. The number of aryl methyl sites for hydroxylation is 3. The number of allylic oxidation sites excluding steroid dienone is 2. The fourth-order valence-electron chi connectivity index (χ4n) is 6.49. The summed E-state index contributed by atoms with van der Waals surface area (Å²) in [6.07, 6.45) is 4.75. The normalized spacial score (nSPS) is 12.4. The molecular formula is C44H52IrN3O3-. The Kier molecular flexibility index (Phi) is 12.3. The smallest absolute Gasteiger partial charge is 0.216 e. The SMILES string of the molecule is CCC(C)(CC)C(=O)/C=C(\O)C(C)(CC)CC.Cc1cc(C)c2c(ccc3c(-c4[c-]ccc5c4oc4nc(C)ccc45)nc(C(C)C)nc32)c1.[Ir]. The molecule has 6 rings (SSSR count). The van der Waals surface area contributed by atoms with Crippen molar-refractivity contribution in [3.8, 4) is 11.3 Å². The van der Waals surface area contributed by atoms with Crippen molar-refractivity contribution in [1.82, 2.24) is 15.0 Å². The molecule has 0 fully saturated rings. The van der Waals surface area contributed by atoms with Gasteiger partial charge in [-0.1, -0.05) is 96.2 Å². The number of nitrogens with zero attached hydrogens (tertiary/aromatic N) is 3. The van der Waals surface area contributed by atoms with E-state index in [1.165, 1.54) is 28.0 Å². The molecule has 0 aliphatic heterocycles. The minimum absolute atomic E-state index is 0. The van der Waals surface area contributed by atoms with Crippen LogP contribution in [0.4, 0.5) is 0 Å². The summed E-state index contributed by atoms with van der Waals surface area (Å²) >= 11 is 0. The Hall–Kier alpha value is -3.93. The van der Waals surface area contributed by atoms with Crippen molar-refractivity contribution in [1.29, 1.82) is 0 Å². The Morgan fingerprint density at radius 3 is 2.14 bits per heavy atom. The third-order valence-electron chi connectivity index (χ3n) is 10.9. The van der Waals surface area contributed by atoms with Gasteiger partial charge in [-0.2, -0.15) is 0 Å². The van der Waals surface area contributed by atoms with Gasteiger partial charge in [-0.25, -0.2) is 9.97 Å². The minimum Gasteiger partial charge on any atom is -0.512 e. The number of ketones is 1. The molecule has 0 atom stereocenters. The molecule has 3 aromatic heterocycles. The van der Waals surface area contributed by atoms with Crippen LogP contribution >= 0.6 is 0 Å². The molecule has 6 aromatic rings. The van der Waals surface area contributed by atoms with Crippen LogP contribution in [0.3, 0.4) is 0 Å². The van der Waals surface area contributed by atoms with E-state index < -0.39 is 0 Å². The molecule has 0 aliphatic carbocycles. The predicted molar refractivity (Wildman–Crippen MR) is 208 cm³/mol. The van der Waals surface area contributed by atoms with Crippen molar-refractivity contribution < 1.29 is 34.4 Å². The number of furan rings is 1. The number of hydrogen-bond donors (Lipinski definition) is 1. The zero-order chi connectivity index (χ0) is 36.5. The average Bonchev–Trinajstić information content (AvgIpc) is 3.47. The average molecular weight is 863 g/mol. The molecule has 7 heteroatoms. The number of hydrogen-bond acceptors (Lipinski definition) is 6. The third-order valence-corrected chi connectivity index (χ3v) is 10.9. The Balaban J connectivity index is 0.000000279. The minimum atomic E-state index is -0.337. The Bertz CT molecular complexity index is 2240. The van der Waals surface area contributed by atoms with Crippen molar-refractivity contribution in [3.63, 3.8) is 0 Å². The molecule has 51 heavy (non-hydrogen) atoms. The van der Waals surface area contributed by atoms with Crippen LogP contribution in [0, 0.1) is 37.7 Å². The van der Waals surface area contributed by atoms with Crippen LogP contribution in [0.1, 0.15) is 110 Å². The van der Waals surface area contributed by atoms with Gasteiger partial charge in [-0.15, -0.1) is 18.2 Å². The third kappa shape index (κ3) is 7.66. The standard InChI is InChI=1S/C29H24N3O.C15H28O2.Ir/c1-15(2)28-31-25(22-12-10-19-14-16(3)13-17(4)24(19)26(22)32-28)23-8-6-7-20-21-11-9-18(5)30-29(21)33-27(20)23;1-7-14(5,8-2)12(16)11-13(17)15(6,9-3)10-4;/h6-7,9-15H,1-5H3;11,16H,7-10H2,1-6H3;/q-1;;/b;12-11-;. The van der Waals surface area contributed by atoms with Gasteiger partial charge < -0.3 is 9.52 Å². The molecule has 3 heterocycles. The molecule has 1 radical (unpaired) electrons. The molecule has 1 N–H and O–H groups in total. The Morgan fingerprint density at radius 1 is 0.863 bits per heavy atom. The summed E-state index contributed by atoms with van der Waals surface area (Å²) in [7, 11) is 0. The maximum atomic E-state index is 12.2. The van der Waals surface area contributed by atoms with Gasteiger partial charge in [0.1, 0.15) is 11.6 Å². The Morgan fingerprint density at radius 2 is 1.51 bits per heavy atom. The van der Waals surface area contributed by atoms with Gasteiger partial charge in [0.2, 0.25) is 5.71 Å². The van der Waals surface area contributed by atoms with Crippen LogP contribution in [0.25, 0.3) is 55.0 Å². The van der Waals surface area contributed by atoms with Gasteiger partial charge in [-0.3, -0.25) is 9.78 Å². The zero-order valence-corrected chi connectivity index (χ0v) is 34.4. The topological polar surface area (TPSA) is 89.1 Å². The number of carbonyl (C=O) groups is 1. The molecule has 0 bridgehead atoms. The van der Waals surface area contributed by atoms with E-state index in [4.69, 9.17) is 14.4 Å². The Labute approximate surface area is 316 Å². The number of fused-ring (bicyclic) bond motifs is 6. The second-order valence-electron chi connectivity index (χ2n) is 14.7. The fraction of sp³-hybridized carbons (Fsp3) is 0.409. The van der Waals surface area contributed by atoms with Gasteiger partial charge in [0.15, 0.2) is 5.78 Å². The summed E-state index contributed by atoms with van der Waals surface area (Å²) in [5.74, 6) is 1.29. The molecule has 3 aromatic carbocycles. The summed E-state index contributed by atoms with van der Waals surface area (Å²) < 4.78 is 6.29. The van der Waals surface area contributed by atoms with Crippen molar-refractivity contribution in [2.75, 3.05) is 0 Å². The maximum Gasteiger partial charge on any atom is 0.216 e. The quantitative estimate of drug-likeness (QED) is 0.0674. The monoisotopic (exact) mass is 863 g/mol. The molecule has 0 spiro atoms. The zero-order valence-electron chi connectivity index (χ0n) is 32.0. The van der Waals surface area contributed by atoms with Gasteiger partial charge in [0.05, 0.1) is 11.1 Å². The van der Waals surface area contributed by atoms with E-state index in [1.807, 2.05) is 66.7 Å². The fourth-order valence-corrected chi connectivity index (χ4v) is 6.49. The number of aliphatic hydroxyl groups excluding tert-OH is 1. The van der Waals surface area contributed by atoms with Crippen molar-refractivity contribution in [3.05, 3.63) is 89.1 Å². The molecule has 6 nitrogen and oxygen atoms in total. The largest absolute Gasteiger partial charge is 0.512 e. The summed E-state index contributed by atoms with van der Waals surface area (Å²) in [4.78, 5) is 26.9. The van der Waals surface area contributed by atoms with E-state index in [1.54, 1.807) is 0 Å². The van der Waals surface area contributed by atoms with Crippen molar-refractivity contribution >= 4 is 49.5 Å². The van der Waals surface area contributed by atoms with Crippen molar-refractivity contribution in [2.24, 2.45) is 10.8 Å². The van der Waals surface area contributed by atoms with E-state index >= 15 is 0 Å². The van der Waals surface area contributed by atoms with E-state index in [9.17, 15) is 9.90 Å². The summed E-state index contributed by atoms with van der Waals surface area (Å²) in [5, 5.41) is 15.5.